The normalized spacial score (nSPS) is 17.0. The average molecular weight is 386 g/mol. The SMILES string of the molecule is O=C(NCC1CCCN(Cc2cccnc2)C1)c1ccc(-c2ccccc2)cc1. The van der Waals surface area contributed by atoms with Gasteiger partial charge in [0.15, 0.2) is 0 Å². The standard InChI is InChI=1S/C25H27N3O/c29-25(24-12-10-23(11-13-24)22-8-2-1-3-9-22)27-17-21-7-5-15-28(19-21)18-20-6-4-14-26-16-20/h1-4,6,8-14,16,21H,5,7,15,17-19H2,(H,27,29). The number of nitrogens with zero attached hydrogens (tertiary/aromatic N) is 2. The molecule has 4 heteroatoms. The number of carbonyl (C=O) groups excluding carboxylic acids is 1. The molecule has 1 saturated heterocycles. The van der Waals surface area contributed by atoms with E-state index in [-0.39, 0.29) is 5.91 Å². The molecule has 1 aromatic heterocycles. The van der Waals surface area contributed by atoms with E-state index in [2.05, 4.69) is 33.4 Å². The molecule has 0 saturated carbocycles. The van der Waals surface area contributed by atoms with Crippen LogP contribution in [0, 0.1) is 5.92 Å². The number of aromatic nitrogens is 1. The number of piperidine rings is 1. The lowest BCUT2D eigenvalue weighted by molar-refractivity contribution is 0.0930. The molecule has 2 heterocycles. The Morgan fingerprint density at radius 2 is 1.79 bits per heavy atom. The van der Waals surface area contributed by atoms with Gasteiger partial charge in [0.25, 0.3) is 5.91 Å². The number of hydrogen-bond donors (Lipinski definition) is 1. The van der Waals surface area contributed by atoms with Crippen molar-refractivity contribution in [3.63, 3.8) is 0 Å². The molecule has 0 bridgehead atoms. The summed E-state index contributed by atoms with van der Waals surface area (Å²) in [7, 11) is 0. The van der Waals surface area contributed by atoms with E-state index in [1.165, 1.54) is 12.0 Å². The minimum Gasteiger partial charge on any atom is -0.352 e. The van der Waals surface area contributed by atoms with Gasteiger partial charge in [-0.2, -0.15) is 0 Å². The number of nitrogens with one attached hydrogen (secondary N) is 1. The summed E-state index contributed by atoms with van der Waals surface area (Å²) in [4.78, 5) is 19.2. The van der Waals surface area contributed by atoms with Gasteiger partial charge in [0.05, 0.1) is 0 Å². The van der Waals surface area contributed by atoms with Gasteiger partial charge in [-0.1, -0.05) is 48.5 Å². The van der Waals surface area contributed by atoms with Gasteiger partial charge < -0.3 is 5.32 Å². The van der Waals surface area contributed by atoms with Crippen LogP contribution in [0.2, 0.25) is 0 Å². The highest BCUT2D eigenvalue weighted by atomic mass is 16.1. The molecule has 1 amide bonds. The van der Waals surface area contributed by atoms with E-state index in [1.54, 1.807) is 0 Å². The average Bonchev–Trinajstić information content (AvgIpc) is 2.79. The van der Waals surface area contributed by atoms with Crippen molar-refractivity contribution in [3.05, 3.63) is 90.3 Å². The number of carbonyl (C=O) groups is 1. The monoisotopic (exact) mass is 385 g/mol. The Kier molecular flexibility index (Phi) is 6.32. The van der Waals surface area contributed by atoms with Crippen LogP contribution >= 0.6 is 0 Å². The smallest absolute Gasteiger partial charge is 0.251 e. The summed E-state index contributed by atoms with van der Waals surface area (Å²) >= 11 is 0. The molecule has 1 aliphatic heterocycles. The van der Waals surface area contributed by atoms with E-state index in [0.717, 1.165) is 43.7 Å². The fourth-order valence-corrected chi connectivity index (χ4v) is 4.00. The molecular formula is C25H27N3O. The highest BCUT2D eigenvalue weighted by Crippen LogP contribution is 2.20. The van der Waals surface area contributed by atoms with Gasteiger partial charge in [-0.05, 0) is 60.2 Å². The third kappa shape index (κ3) is 5.30. The summed E-state index contributed by atoms with van der Waals surface area (Å²) in [6.07, 6.45) is 6.08. The molecule has 0 radical (unpaired) electrons. The number of rotatable bonds is 6. The fraction of sp³-hybridized carbons (Fsp3) is 0.280. The van der Waals surface area contributed by atoms with Crippen molar-refractivity contribution in [3.8, 4) is 11.1 Å². The summed E-state index contributed by atoms with van der Waals surface area (Å²) in [5, 5.41) is 3.13. The number of likely N-dealkylation sites (tertiary alicyclic amines) is 1. The van der Waals surface area contributed by atoms with Crippen molar-refractivity contribution >= 4 is 5.91 Å². The van der Waals surface area contributed by atoms with Crippen LogP contribution in [0.1, 0.15) is 28.8 Å². The number of hydrogen-bond acceptors (Lipinski definition) is 3. The van der Waals surface area contributed by atoms with E-state index < -0.39 is 0 Å². The fourth-order valence-electron chi connectivity index (χ4n) is 4.00. The van der Waals surface area contributed by atoms with Crippen molar-refractivity contribution in [2.75, 3.05) is 19.6 Å². The summed E-state index contributed by atoms with van der Waals surface area (Å²) in [6.45, 7) is 3.78. The van der Waals surface area contributed by atoms with Gasteiger partial charge in [-0.25, -0.2) is 0 Å². The number of pyridine rings is 1. The van der Waals surface area contributed by atoms with Crippen LogP contribution in [0.25, 0.3) is 11.1 Å². The van der Waals surface area contributed by atoms with Gasteiger partial charge in [0.2, 0.25) is 0 Å². The van der Waals surface area contributed by atoms with Gasteiger partial charge in [-0.3, -0.25) is 14.7 Å². The van der Waals surface area contributed by atoms with Crippen molar-refractivity contribution in [2.24, 2.45) is 5.92 Å². The zero-order chi connectivity index (χ0) is 19.9. The first-order valence-corrected chi connectivity index (χ1v) is 10.3. The molecule has 148 valence electrons. The molecule has 1 fully saturated rings. The zero-order valence-electron chi connectivity index (χ0n) is 16.6. The lowest BCUT2D eigenvalue weighted by Crippen LogP contribution is -2.40. The molecule has 2 aromatic carbocycles. The lowest BCUT2D eigenvalue weighted by atomic mass is 9.97. The predicted molar refractivity (Wildman–Crippen MR) is 116 cm³/mol. The van der Waals surface area contributed by atoms with Crippen molar-refractivity contribution in [1.29, 1.82) is 0 Å². The van der Waals surface area contributed by atoms with Crippen molar-refractivity contribution < 1.29 is 4.79 Å². The molecule has 1 atom stereocenters. The molecule has 1 aliphatic rings. The maximum atomic E-state index is 12.6. The predicted octanol–water partition coefficient (Wildman–Crippen LogP) is 4.39. The Labute approximate surface area is 172 Å². The molecule has 4 rings (SSSR count). The molecule has 3 aromatic rings. The molecule has 0 spiro atoms. The molecule has 0 aliphatic carbocycles. The van der Waals surface area contributed by atoms with Crippen LogP contribution in [0.15, 0.2) is 79.1 Å². The highest BCUT2D eigenvalue weighted by molar-refractivity contribution is 5.94. The van der Waals surface area contributed by atoms with Crippen LogP contribution in [0.3, 0.4) is 0 Å². The minimum absolute atomic E-state index is 0.00833. The number of amides is 1. The Hall–Kier alpha value is -2.98. The Balaban J connectivity index is 1.29. The van der Waals surface area contributed by atoms with Crippen LogP contribution in [-0.4, -0.2) is 35.4 Å². The number of benzene rings is 2. The lowest BCUT2D eigenvalue weighted by Gasteiger charge is -2.32. The van der Waals surface area contributed by atoms with Crippen molar-refractivity contribution in [2.45, 2.75) is 19.4 Å². The first-order valence-electron chi connectivity index (χ1n) is 10.3. The zero-order valence-corrected chi connectivity index (χ0v) is 16.6. The summed E-state index contributed by atoms with van der Waals surface area (Å²) in [5.41, 5.74) is 4.25. The van der Waals surface area contributed by atoms with E-state index in [9.17, 15) is 4.79 Å². The van der Waals surface area contributed by atoms with E-state index in [4.69, 9.17) is 0 Å². The van der Waals surface area contributed by atoms with E-state index in [1.807, 2.05) is 60.9 Å². The second-order valence-corrected chi connectivity index (χ2v) is 7.76. The van der Waals surface area contributed by atoms with Crippen molar-refractivity contribution in [1.82, 2.24) is 15.2 Å². The second-order valence-electron chi connectivity index (χ2n) is 7.76. The van der Waals surface area contributed by atoms with Crippen LogP contribution < -0.4 is 5.32 Å². The molecule has 4 nitrogen and oxygen atoms in total. The van der Waals surface area contributed by atoms with Gasteiger partial charge in [0, 0.05) is 37.6 Å². The van der Waals surface area contributed by atoms with Crippen LogP contribution in [-0.2, 0) is 6.54 Å². The van der Waals surface area contributed by atoms with E-state index >= 15 is 0 Å². The summed E-state index contributed by atoms with van der Waals surface area (Å²) in [6, 6.07) is 22.2. The van der Waals surface area contributed by atoms with Crippen LogP contribution in [0.4, 0.5) is 0 Å². The molecule has 1 unspecified atom stereocenters. The maximum Gasteiger partial charge on any atom is 0.251 e. The Bertz CT molecular complexity index is 910. The summed E-state index contributed by atoms with van der Waals surface area (Å²) in [5.74, 6) is 0.502. The Morgan fingerprint density at radius 1 is 1.00 bits per heavy atom. The minimum atomic E-state index is 0.00833. The van der Waals surface area contributed by atoms with Gasteiger partial charge >= 0.3 is 0 Å². The third-order valence-corrected chi connectivity index (χ3v) is 5.54. The Morgan fingerprint density at radius 3 is 2.55 bits per heavy atom. The van der Waals surface area contributed by atoms with Gasteiger partial charge in [0.1, 0.15) is 0 Å². The summed E-state index contributed by atoms with van der Waals surface area (Å²) < 4.78 is 0. The highest BCUT2D eigenvalue weighted by Gasteiger charge is 2.20. The molecular weight excluding hydrogens is 358 g/mol. The first kappa shape index (κ1) is 19.3. The first-order chi connectivity index (χ1) is 14.3. The van der Waals surface area contributed by atoms with Crippen LogP contribution in [0.5, 0.6) is 0 Å². The second kappa shape index (κ2) is 9.48. The largest absolute Gasteiger partial charge is 0.352 e. The molecule has 29 heavy (non-hydrogen) atoms. The maximum absolute atomic E-state index is 12.6. The quantitative estimate of drug-likeness (QED) is 0.684. The van der Waals surface area contributed by atoms with E-state index in [0.29, 0.717) is 11.5 Å². The van der Waals surface area contributed by atoms with Gasteiger partial charge in [-0.15, -0.1) is 0 Å². The topological polar surface area (TPSA) is 45.2 Å². The third-order valence-electron chi connectivity index (χ3n) is 5.54. The molecule has 1 N–H and O–H groups in total.